The van der Waals surface area contributed by atoms with Crippen molar-refractivity contribution in [3.63, 3.8) is 0 Å². The number of benzene rings is 1. The lowest BCUT2D eigenvalue weighted by atomic mass is 10.1. The predicted molar refractivity (Wildman–Crippen MR) is 111 cm³/mol. The lowest BCUT2D eigenvalue weighted by Crippen LogP contribution is -2.07. The monoisotopic (exact) mass is 364 g/mol. The zero-order valence-electron chi connectivity index (χ0n) is 17.6. The van der Waals surface area contributed by atoms with Crippen molar-refractivity contribution < 1.29 is 14.2 Å². The van der Waals surface area contributed by atoms with Gasteiger partial charge in [-0.05, 0) is 37.3 Å². The Balaban J connectivity index is 2.90. The second-order valence-electron chi connectivity index (χ2n) is 6.90. The van der Waals surface area contributed by atoms with Crippen molar-refractivity contribution in [1.29, 1.82) is 0 Å². The Morgan fingerprint density at radius 2 is 1.08 bits per heavy atom. The van der Waals surface area contributed by atoms with Crippen molar-refractivity contribution in [1.82, 2.24) is 0 Å². The summed E-state index contributed by atoms with van der Waals surface area (Å²) in [6, 6.07) is 4.18. The van der Waals surface area contributed by atoms with E-state index in [0.29, 0.717) is 0 Å². The Bertz CT molecular complexity index is 471. The topological polar surface area (TPSA) is 27.7 Å². The van der Waals surface area contributed by atoms with Crippen LogP contribution in [-0.4, -0.2) is 19.8 Å². The fourth-order valence-corrected chi connectivity index (χ4v) is 2.86. The van der Waals surface area contributed by atoms with Gasteiger partial charge in [-0.1, -0.05) is 72.3 Å². The van der Waals surface area contributed by atoms with Crippen molar-refractivity contribution in [2.75, 3.05) is 19.8 Å². The molecule has 26 heavy (non-hydrogen) atoms. The summed E-state index contributed by atoms with van der Waals surface area (Å²) < 4.78 is 18.4. The van der Waals surface area contributed by atoms with Gasteiger partial charge in [0, 0.05) is 0 Å². The molecule has 0 saturated heterocycles. The Kier molecular flexibility index (Phi) is 12.9. The fourth-order valence-electron chi connectivity index (χ4n) is 2.86. The maximum atomic E-state index is 6.18. The van der Waals surface area contributed by atoms with E-state index < -0.39 is 0 Å². The zero-order chi connectivity index (χ0) is 19.0. The molecule has 3 heteroatoms. The van der Waals surface area contributed by atoms with Crippen molar-refractivity contribution in [2.24, 2.45) is 0 Å². The van der Waals surface area contributed by atoms with Gasteiger partial charge in [0.15, 0.2) is 11.5 Å². The molecule has 3 nitrogen and oxygen atoms in total. The molecule has 0 unspecified atom stereocenters. The number of hydrogen-bond donors (Lipinski definition) is 0. The Hall–Kier alpha value is -1.38. The summed E-state index contributed by atoms with van der Waals surface area (Å²) in [7, 11) is 0. The Morgan fingerprint density at radius 1 is 0.577 bits per heavy atom. The molecule has 150 valence electrons. The standard InChI is InChI=1S/C23H40O3/c1-5-9-12-17-24-21-16-15-20(8-4)22(25-18-13-10-6-2)23(21)26-19-14-11-7-3/h15-16H,5-14,17-19H2,1-4H3. The van der Waals surface area contributed by atoms with Gasteiger partial charge < -0.3 is 14.2 Å². The molecule has 0 amide bonds. The number of rotatable bonds is 16. The van der Waals surface area contributed by atoms with Crippen LogP contribution in [0.15, 0.2) is 12.1 Å². The van der Waals surface area contributed by atoms with Crippen LogP contribution in [0.1, 0.15) is 91.0 Å². The molecule has 0 saturated carbocycles. The lowest BCUT2D eigenvalue weighted by molar-refractivity contribution is 0.234. The third-order valence-electron chi connectivity index (χ3n) is 4.53. The van der Waals surface area contributed by atoms with Crippen molar-refractivity contribution in [2.45, 2.75) is 91.9 Å². The van der Waals surface area contributed by atoms with Crippen molar-refractivity contribution in [3.8, 4) is 17.2 Å². The van der Waals surface area contributed by atoms with E-state index in [1.165, 1.54) is 44.1 Å². The van der Waals surface area contributed by atoms with Gasteiger partial charge in [-0.3, -0.25) is 0 Å². The van der Waals surface area contributed by atoms with Crippen LogP contribution >= 0.6 is 0 Å². The molecule has 0 spiro atoms. The molecule has 0 aromatic heterocycles. The normalized spacial score (nSPS) is 10.8. The molecule has 1 aromatic rings. The van der Waals surface area contributed by atoms with E-state index in [4.69, 9.17) is 14.2 Å². The fraction of sp³-hybridized carbons (Fsp3) is 0.739. The minimum absolute atomic E-state index is 0.720. The first-order valence-electron chi connectivity index (χ1n) is 10.8. The Labute approximate surface area is 161 Å². The highest BCUT2D eigenvalue weighted by Gasteiger charge is 2.17. The van der Waals surface area contributed by atoms with Gasteiger partial charge in [0.25, 0.3) is 0 Å². The van der Waals surface area contributed by atoms with Gasteiger partial charge in [-0.25, -0.2) is 0 Å². The molecular weight excluding hydrogens is 324 g/mol. The van der Waals surface area contributed by atoms with E-state index in [1.54, 1.807) is 0 Å². The molecule has 0 atom stereocenters. The van der Waals surface area contributed by atoms with Crippen LogP contribution in [0.3, 0.4) is 0 Å². The smallest absolute Gasteiger partial charge is 0.203 e. The molecule has 0 bridgehead atoms. The van der Waals surface area contributed by atoms with Crippen LogP contribution in [0.4, 0.5) is 0 Å². The molecule has 0 N–H and O–H groups in total. The van der Waals surface area contributed by atoms with Crippen LogP contribution in [0.25, 0.3) is 0 Å². The molecule has 0 fully saturated rings. The van der Waals surface area contributed by atoms with Gasteiger partial charge in [0.1, 0.15) is 0 Å². The van der Waals surface area contributed by atoms with Crippen molar-refractivity contribution in [3.05, 3.63) is 17.7 Å². The minimum atomic E-state index is 0.720. The average molecular weight is 365 g/mol. The van der Waals surface area contributed by atoms with E-state index >= 15 is 0 Å². The molecule has 0 aliphatic carbocycles. The molecule has 0 radical (unpaired) electrons. The van der Waals surface area contributed by atoms with E-state index in [0.717, 1.165) is 62.8 Å². The molecule has 0 aliphatic rings. The summed E-state index contributed by atoms with van der Waals surface area (Å²) in [5.74, 6) is 2.54. The number of hydrogen-bond acceptors (Lipinski definition) is 3. The third-order valence-corrected chi connectivity index (χ3v) is 4.53. The van der Waals surface area contributed by atoms with Crippen LogP contribution in [0.5, 0.6) is 17.2 Å². The number of ether oxygens (including phenoxy) is 3. The van der Waals surface area contributed by atoms with Gasteiger partial charge in [-0.2, -0.15) is 0 Å². The Morgan fingerprint density at radius 3 is 1.58 bits per heavy atom. The van der Waals surface area contributed by atoms with Gasteiger partial charge in [-0.15, -0.1) is 0 Å². The molecular formula is C23H40O3. The van der Waals surface area contributed by atoms with Crippen LogP contribution < -0.4 is 14.2 Å². The second kappa shape index (κ2) is 14.8. The van der Waals surface area contributed by atoms with E-state index in [9.17, 15) is 0 Å². The van der Waals surface area contributed by atoms with Gasteiger partial charge in [0.05, 0.1) is 19.8 Å². The van der Waals surface area contributed by atoms with Crippen LogP contribution in [0, 0.1) is 0 Å². The number of unbranched alkanes of at least 4 members (excludes halogenated alkanes) is 6. The van der Waals surface area contributed by atoms with Gasteiger partial charge in [0.2, 0.25) is 5.75 Å². The number of aryl methyl sites for hydroxylation is 1. The maximum absolute atomic E-state index is 6.18. The average Bonchev–Trinajstić information content (AvgIpc) is 2.66. The lowest BCUT2D eigenvalue weighted by Gasteiger charge is -2.19. The summed E-state index contributed by atoms with van der Waals surface area (Å²) >= 11 is 0. The highest BCUT2D eigenvalue weighted by molar-refractivity contribution is 5.56. The predicted octanol–water partition coefficient (Wildman–Crippen LogP) is 6.96. The van der Waals surface area contributed by atoms with Gasteiger partial charge >= 0.3 is 0 Å². The largest absolute Gasteiger partial charge is 0.490 e. The molecule has 1 aromatic carbocycles. The summed E-state index contributed by atoms with van der Waals surface area (Å²) in [6.07, 6.45) is 11.3. The van der Waals surface area contributed by atoms with Crippen LogP contribution in [-0.2, 0) is 6.42 Å². The minimum Gasteiger partial charge on any atom is -0.490 e. The first-order chi connectivity index (χ1) is 12.8. The van der Waals surface area contributed by atoms with E-state index in [-0.39, 0.29) is 0 Å². The third kappa shape index (κ3) is 8.33. The first-order valence-corrected chi connectivity index (χ1v) is 10.8. The highest BCUT2D eigenvalue weighted by atomic mass is 16.5. The van der Waals surface area contributed by atoms with E-state index in [2.05, 4.69) is 39.8 Å². The summed E-state index contributed by atoms with van der Waals surface area (Å²) in [6.45, 7) is 11.0. The zero-order valence-corrected chi connectivity index (χ0v) is 17.6. The molecule has 1 rings (SSSR count). The molecule has 0 heterocycles. The van der Waals surface area contributed by atoms with Crippen molar-refractivity contribution >= 4 is 0 Å². The SMILES string of the molecule is CCCCCOc1ccc(CC)c(OCCCCC)c1OCCCCC. The van der Waals surface area contributed by atoms with E-state index in [1.807, 2.05) is 0 Å². The first kappa shape index (κ1) is 22.7. The highest BCUT2D eigenvalue weighted by Crippen LogP contribution is 2.41. The summed E-state index contributed by atoms with van der Waals surface area (Å²) in [5, 5.41) is 0. The maximum Gasteiger partial charge on any atom is 0.203 e. The quantitative estimate of drug-likeness (QED) is 0.297. The second-order valence-corrected chi connectivity index (χ2v) is 6.90. The summed E-state index contributed by atoms with van der Waals surface area (Å²) in [4.78, 5) is 0. The van der Waals surface area contributed by atoms with Crippen LogP contribution in [0.2, 0.25) is 0 Å². The summed E-state index contributed by atoms with van der Waals surface area (Å²) in [5.41, 5.74) is 1.20. The molecule has 0 aliphatic heterocycles.